The molecule has 1 aliphatic rings. The second-order valence-corrected chi connectivity index (χ2v) is 2.70. The molecule has 2 N–H and O–H groups in total. The van der Waals surface area contributed by atoms with Gasteiger partial charge in [0.05, 0.1) is 12.7 Å². The SMILES string of the molecule is CC[C@@H](N)COC1CC1. The molecule has 0 saturated heterocycles. The Morgan fingerprint density at radius 2 is 2.33 bits per heavy atom. The van der Waals surface area contributed by atoms with Crippen molar-refractivity contribution in [3.8, 4) is 0 Å². The molecule has 0 bridgehead atoms. The predicted molar refractivity (Wildman–Crippen MR) is 37.2 cm³/mol. The second kappa shape index (κ2) is 3.18. The monoisotopic (exact) mass is 129 g/mol. The van der Waals surface area contributed by atoms with E-state index < -0.39 is 0 Å². The molecule has 1 saturated carbocycles. The Morgan fingerprint density at radius 1 is 1.67 bits per heavy atom. The maximum Gasteiger partial charge on any atom is 0.0621 e. The highest BCUT2D eigenvalue weighted by Crippen LogP contribution is 2.23. The first-order valence-corrected chi connectivity index (χ1v) is 3.70. The molecule has 0 spiro atoms. The zero-order valence-electron chi connectivity index (χ0n) is 5.97. The lowest BCUT2D eigenvalue weighted by Gasteiger charge is -2.07. The van der Waals surface area contributed by atoms with Crippen LogP contribution in [0, 0.1) is 0 Å². The van der Waals surface area contributed by atoms with Gasteiger partial charge in [0.15, 0.2) is 0 Å². The van der Waals surface area contributed by atoms with Gasteiger partial charge in [-0.25, -0.2) is 0 Å². The van der Waals surface area contributed by atoms with Crippen molar-refractivity contribution in [1.82, 2.24) is 0 Å². The zero-order valence-corrected chi connectivity index (χ0v) is 5.97. The Hall–Kier alpha value is -0.0800. The van der Waals surface area contributed by atoms with E-state index in [0.29, 0.717) is 6.10 Å². The van der Waals surface area contributed by atoms with Crippen LogP contribution in [0.2, 0.25) is 0 Å². The Labute approximate surface area is 56.4 Å². The van der Waals surface area contributed by atoms with Crippen molar-refractivity contribution in [3.05, 3.63) is 0 Å². The first-order chi connectivity index (χ1) is 4.33. The number of rotatable bonds is 4. The molecule has 0 aromatic carbocycles. The number of hydrogen-bond donors (Lipinski definition) is 1. The number of ether oxygens (including phenoxy) is 1. The normalized spacial score (nSPS) is 22.0. The molecule has 1 fully saturated rings. The van der Waals surface area contributed by atoms with Crippen molar-refractivity contribution in [2.75, 3.05) is 6.61 Å². The third-order valence-corrected chi connectivity index (χ3v) is 1.59. The van der Waals surface area contributed by atoms with E-state index in [-0.39, 0.29) is 6.04 Å². The molecule has 54 valence electrons. The van der Waals surface area contributed by atoms with Crippen LogP contribution in [0.15, 0.2) is 0 Å². The molecule has 2 nitrogen and oxygen atoms in total. The van der Waals surface area contributed by atoms with E-state index in [1.807, 2.05) is 0 Å². The Morgan fingerprint density at radius 3 is 2.78 bits per heavy atom. The van der Waals surface area contributed by atoms with Gasteiger partial charge in [0.25, 0.3) is 0 Å². The minimum Gasteiger partial charge on any atom is -0.377 e. The van der Waals surface area contributed by atoms with Gasteiger partial charge in [-0.15, -0.1) is 0 Å². The van der Waals surface area contributed by atoms with E-state index in [0.717, 1.165) is 13.0 Å². The van der Waals surface area contributed by atoms with Gasteiger partial charge in [-0.3, -0.25) is 0 Å². The summed E-state index contributed by atoms with van der Waals surface area (Å²) in [7, 11) is 0. The van der Waals surface area contributed by atoms with Crippen molar-refractivity contribution >= 4 is 0 Å². The molecular formula is C7H15NO. The fraction of sp³-hybridized carbons (Fsp3) is 1.00. The van der Waals surface area contributed by atoms with Gasteiger partial charge >= 0.3 is 0 Å². The molecule has 0 heterocycles. The van der Waals surface area contributed by atoms with E-state index >= 15 is 0 Å². The number of nitrogens with two attached hydrogens (primary N) is 1. The summed E-state index contributed by atoms with van der Waals surface area (Å²) >= 11 is 0. The second-order valence-electron chi connectivity index (χ2n) is 2.70. The van der Waals surface area contributed by atoms with Crippen LogP contribution < -0.4 is 5.73 Å². The minimum atomic E-state index is 0.255. The average molecular weight is 129 g/mol. The van der Waals surface area contributed by atoms with Crippen molar-refractivity contribution in [3.63, 3.8) is 0 Å². The molecule has 0 aromatic rings. The lowest BCUT2D eigenvalue weighted by atomic mass is 10.3. The third-order valence-electron chi connectivity index (χ3n) is 1.59. The maximum atomic E-state index is 5.62. The fourth-order valence-corrected chi connectivity index (χ4v) is 0.612. The van der Waals surface area contributed by atoms with Gasteiger partial charge in [0, 0.05) is 6.04 Å². The van der Waals surface area contributed by atoms with Gasteiger partial charge in [0.2, 0.25) is 0 Å². The first kappa shape index (κ1) is 7.03. The minimum absolute atomic E-state index is 0.255. The van der Waals surface area contributed by atoms with Crippen LogP contribution in [0.5, 0.6) is 0 Å². The summed E-state index contributed by atoms with van der Waals surface area (Å²) in [5.41, 5.74) is 5.62. The lowest BCUT2D eigenvalue weighted by molar-refractivity contribution is 0.106. The van der Waals surface area contributed by atoms with Crippen molar-refractivity contribution < 1.29 is 4.74 Å². The zero-order chi connectivity index (χ0) is 6.69. The summed E-state index contributed by atoms with van der Waals surface area (Å²) in [4.78, 5) is 0. The predicted octanol–water partition coefficient (Wildman–Crippen LogP) is 0.903. The standard InChI is InChI=1S/C7H15NO/c1-2-6(8)5-9-7-3-4-7/h6-7H,2-5,8H2,1H3/t6-/m1/s1. The summed E-state index contributed by atoms with van der Waals surface area (Å²) in [6, 6.07) is 0.255. The first-order valence-electron chi connectivity index (χ1n) is 3.70. The van der Waals surface area contributed by atoms with Crippen molar-refractivity contribution in [1.29, 1.82) is 0 Å². The summed E-state index contributed by atoms with van der Waals surface area (Å²) in [5, 5.41) is 0. The molecule has 2 heteroatoms. The molecule has 0 unspecified atom stereocenters. The third kappa shape index (κ3) is 2.82. The van der Waals surface area contributed by atoms with Gasteiger partial charge in [-0.05, 0) is 19.3 Å². The van der Waals surface area contributed by atoms with Gasteiger partial charge in [-0.2, -0.15) is 0 Å². The summed E-state index contributed by atoms with van der Waals surface area (Å²) in [5.74, 6) is 0. The fourth-order valence-electron chi connectivity index (χ4n) is 0.612. The highest BCUT2D eigenvalue weighted by Gasteiger charge is 2.22. The Balaban J connectivity index is 1.90. The van der Waals surface area contributed by atoms with Crippen LogP contribution in [-0.4, -0.2) is 18.8 Å². The smallest absolute Gasteiger partial charge is 0.0621 e. The Kier molecular flexibility index (Phi) is 2.49. The van der Waals surface area contributed by atoms with Gasteiger partial charge in [0.1, 0.15) is 0 Å². The van der Waals surface area contributed by atoms with Gasteiger partial charge < -0.3 is 10.5 Å². The molecule has 1 aliphatic carbocycles. The van der Waals surface area contributed by atoms with Gasteiger partial charge in [-0.1, -0.05) is 6.92 Å². The average Bonchev–Trinajstić information content (AvgIpc) is 2.65. The largest absolute Gasteiger partial charge is 0.377 e. The number of hydrogen-bond acceptors (Lipinski definition) is 2. The summed E-state index contributed by atoms with van der Waals surface area (Å²) in [6.07, 6.45) is 4.07. The van der Waals surface area contributed by atoms with Crippen LogP contribution in [0.1, 0.15) is 26.2 Å². The molecule has 1 rings (SSSR count). The highest BCUT2D eigenvalue weighted by molar-refractivity contribution is 4.74. The van der Waals surface area contributed by atoms with Crippen LogP contribution in [-0.2, 0) is 4.74 Å². The van der Waals surface area contributed by atoms with Crippen molar-refractivity contribution in [2.24, 2.45) is 5.73 Å². The molecule has 0 amide bonds. The van der Waals surface area contributed by atoms with E-state index in [1.54, 1.807) is 0 Å². The molecular weight excluding hydrogens is 114 g/mol. The molecule has 0 aliphatic heterocycles. The molecule has 0 radical (unpaired) electrons. The van der Waals surface area contributed by atoms with E-state index in [2.05, 4.69) is 6.92 Å². The maximum absolute atomic E-state index is 5.62. The topological polar surface area (TPSA) is 35.2 Å². The quantitative estimate of drug-likeness (QED) is 0.612. The van der Waals surface area contributed by atoms with Crippen LogP contribution in [0.25, 0.3) is 0 Å². The Bertz CT molecular complexity index is 81.0. The lowest BCUT2D eigenvalue weighted by Crippen LogP contribution is -2.25. The molecule has 1 atom stereocenters. The molecule has 0 aromatic heterocycles. The highest BCUT2D eigenvalue weighted by atomic mass is 16.5. The van der Waals surface area contributed by atoms with Crippen LogP contribution >= 0.6 is 0 Å². The van der Waals surface area contributed by atoms with Crippen molar-refractivity contribution in [2.45, 2.75) is 38.3 Å². The van der Waals surface area contributed by atoms with Crippen LogP contribution in [0.4, 0.5) is 0 Å². The van der Waals surface area contributed by atoms with E-state index in [4.69, 9.17) is 10.5 Å². The summed E-state index contributed by atoms with van der Waals surface area (Å²) in [6.45, 7) is 2.84. The molecule has 9 heavy (non-hydrogen) atoms. The van der Waals surface area contributed by atoms with E-state index in [9.17, 15) is 0 Å². The summed E-state index contributed by atoms with van der Waals surface area (Å²) < 4.78 is 5.38. The van der Waals surface area contributed by atoms with Crippen LogP contribution in [0.3, 0.4) is 0 Å². The van der Waals surface area contributed by atoms with E-state index in [1.165, 1.54) is 12.8 Å².